The lowest BCUT2D eigenvalue weighted by atomic mass is 9.85. The van der Waals surface area contributed by atoms with Gasteiger partial charge in [0.1, 0.15) is 29.3 Å². The molecule has 8 heterocycles. The Morgan fingerprint density at radius 1 is 0.969 bits per heavy atom. The number of anilines is 2. The van der Waals surface area contributed by atoms with Gasteiger partial charge < -0.3 is 30.6 Å². The molecule has 1 aromatic carbocycles. The summed E-state index contributed by atoms with van der Waals surface area (Å²) in [5.41, 5.74) is 6.59. The first-order valence-corrected chi connectivity index (χ1v) is 22.5. The number of halogens is 1. The molecule has 1 aliphatic carbocycles. The second-order valence-corrected chi connectivity index (χ2v) is 17.7. The van der Waals surface area contributed by atoms with E-state index in [4.69, 9.17) is 25.2 Å². The predicted molar refractivity (Wildman–Crippen MR) is 239 cm³/mol. The zero-order chi connectivity index (χ0) is 43.8. The molecule has 3 saturated heterocycles. The summed E-state index contributed by atoms with van der Waals surface area (Å²) < 4.78 is 23.8. The van der Waals surface area contributed by atoms with Crippen LogP contribution in [0.4, 0.5) is 15.9 Å². The average Bonchev–Trinajstić information content (AvgIpc) is 3.97. The summed E-state index contributed by atoms with van der Waals surface area (Å²) in [6.07, 6.45) is 18.5. The number of nitriles is 1. The number of hydrogen-bond acceptors (Lipinski definition) is 13. The number of benzene rings is 1. The number of aliphatic imine (C=N–C) groups is 1. The van der Waals surface area contributed by atoms with E-state index in [1.54, 1.807) is 12.4 Å². The van der Waals surface area contributed by atoms with Crippen molar-refractivity contribution in [3.63, 3.8) is 0 Å². The first-order chi connectivity index (χ1) is 31.3. The number of amides is 2. The van der Waals surface area contributed by atoms with Crippen LogP contribution in [0.1, 0.15) is 104 Å². The molecule has 2 amide bonds. The second-order valence-electron chi connectivity index (χ2n) is 17.7. The normalized spacial score (nSPS) is 24.5. The summed E-state index contributed by atoms with van der Waals surface area (Å²) in [5.74, 6) is 0.0922. The Morgan fingerprint density at radius 3 is 2.52 bits per heavy atom. The van der Waals surface area contributed by atoms with Crippen LogP contribution in [0.25, 0.3) is 5.70 Å². The van der Waals surface area contributed by atoms with Crippen LogP contribution in [0.5, 0.6) is 0 Å². The highest BCUT2D eigenvalue weighted by Crippen LogP contribution is 2.43. The number of imide groups is 1. The molecular weight excluding hydrogens is 812 g/mol. The van der Waals surface area contributed by atoms with E-state index in [0.29, 0.717) is 41.9 Å². The molecular formula is C48H51FN12O3. The van der Waals surface area contributed by atoms with E-state index in [9.17, 15) is 14.9 Å². The van der Waals surface area contributed by atoms with Crippen LogP contribution >= 0.6 is 0 Å². The molecule has 10 rings (SSSR count). The number of likely N-dealkylation sites (tertiary alicyclic amines) is 1. The average molecular weight is 863 g/mol. The van der Waals surface area contributed by atoms with Gasteiger partial charge in [0.25, 0.3) is 0 Å². The Morgan fingerprint density at radius 2 is 1.78 bits per heavy atom. The maximum absolute atomic E-state index is 15.4. The fourth-order valence-electron chi connectivity index (χ4n) is 10.5. The first-order valence-electron chi connectivity index (χ1n) is 22.5. The van der Waals surface area contributed by atoms with Crippen molar-refractivity contribution in [1.29, 1.82) is 10.7 Å². The van der Waals surface area contributed by atoms with Gasteiger partial charge in [-0.25, -0.2) is 14.4 Å². The third-order valence-electron chi connectivity index (χ3n) is 14.1. The highest BCUT2D eigenvalue weighted by Gasteiger charge is 2.44. The Balaban J connectivity index is 0.747. The number of carbonyl (C=O) groups is 2. The minimum absolute atomic E-state index is 0.142. The highest BCUT2D eigenvalue weighted by molar-refractivity contribution is 6.18. The van der Waals surface area contributed by atoms with Gasteiger partial charge in [-0.15, -0.1) is 0 Å². The quantitative estimate of drug-likeness (QED) is 0.0848. The standard InChI is InChI=1S/C48H51FN12O3/c49-39-22-35(56-40-10-12-43(62)58-47(40)63)4-9-38(39)30-13-18-59(19-14-30)36-5-7-37(8-6-36)61-28-34(26-55-61)41-27-54-44(33(23-50)24-51)45(57-41)31-3-11-42(53-25-31)60-20-15-48(16-21-60)46-32(29-64-48)2-1-17-52-46/h1-4,9,11,17,22-23,25-28,30,36-37,40,50,54,56H,5-8,10,12-16,18-21,29H2,(H,58,62,63)/b44-33+,50-23?/t36-,37-,40?. The number of allylic oxidation sites excluding steroid dienone is 2. The van der Waals surface area contributed by atoms with Crippen molar-refractivity contribution < 1.29 is 18.7 Å². The predicted octanol–water partition coefficient (Wildman–Crippen LogP) is 6.24. The van der Waals surface area contributed by atoms with Crippen molar-refractivity contribution >= 4 is 40.9 Å². The molecule has 1 unspecified atom stereocenters. The van der Waals surface area contributed by atoms with Crippen molar-refractivity contribution in [3.05, 3.63) is 118 Å². The van der Waals surface area contributed by atoms with Crippen LogP contribution in [0.2, 0.25) is 0 Å². The molecule has 1 atom stereocenters. The molecule has 15 nitrogen and oxygen atoms in total. The van der Waals surface area contributed by atoms with Crippen LogP contribution in [-0.2, 0) is 26.5 Å². The van der Waals surface area contributed by atoms with Crippen LogP contribution in [-0.4, -0.2) is 86.7 Å². The molecule has 1 saturated carbocycles. The molecule has 64 heavy (non-hydrogen) atoms. The van der Waals surface area contributed by atoms with E-state index in [1.165, 1.54) is 11.6 Å². The Hall–Kier alpha value is -6.57. The van der Waals surface area contributed by atoms with Gasteiger partial charge >= 0.3 is 0 Å². The molecule has 5 aliphatic heterocycles. The third-order valence-corrected chi connectivity index (χ3v) is 14.1. The van der Waals surface area contributed by atoms with Crippen molar-refractivity contribution in [2.45, 2.75) is 100 Å². The number of aromatic nitrogens is 4. The van der Waals surface area contributed by atoms with E-state index in [0.717, 1.165) is 112 Å². The monoisotopic (exact) mass is 862 g/mol. The molecule has 1 spiro atoms. The lowest BCUT2D eigenvalue weighted by molar-refractivity contribution is -0.133. The largest absolute Gasteiger partial charge is 0.374 e. The number of fused-ring (bicyclic) bond motifs is 2. The molecule has 3 aromatic heterocycles. The number of ether oxygens (including phenoxy) is 1. The van der Waals surface area contributed by atoms with Gasteiger partial charge in [-0.05, 0) is 113 Å². The van der Waals surface area contributed by atoms with Gasteiger partial charge in [-0.3, -0.25) is 24.6 Å². The smallest absolute Gasteiger partial charge is 0.249 e. The van der Waals surface area contributed by atoms with E-state index in [-0.39, 0.29) is 47.2 Å². The van der Waals surface area contributed by atoms with Gasteiger partial charge in [0.05, 0.1) is 47.2 Å². The summed E-state index contributed by atoms with van der Waals surface area (Å²) in [6.45, 7) is 4.02. The minimum atomic E-state index is -0.548. The van der Waals surface area contributed by atoms with E-state index < -0.39 is 6.04 Å². The molecule has 16 heteroatoms. The molecule has 6 aliphatic rings. The molecule has 328 valence electrons. The SMILES string of the molecule is N#C/C(C=N)=C1/NC=C(c2cnn([C@H]3CC[C@H](N4CCC(c5ccc(NC6CCC(=O)NC6=O)cc5F)CC4)CC3)c2)N=C1c1ccc(N2CCC3(CC2)OCc2cccnc23)nc1. The van der Waals surface area contributed by atoms with Gasteiger partial charge in [0.15, 0.2) is 0 Å². The number of rotatable bonds is 9. The number of pyridine rings is 2. The maximum Gasteiger partial charge on any atom is 0.249 e. The zero-order valence-electron chi connectivity index (χ0n) is 35.6. The van der Waals surface area contributed by atoms with E-state index in [1.807, 2.05) is 48.9 Å². The topological polar surface area (TPSA) is 190 Å². The number of nitrogens with one attached hydrogen (secondary N) is 4. The molecule has 0 radical (unpaired) electrons. The molecule has 4 fully saturated rings. The lowest BCUT2D eigenvalue weighted by Crippen LogP contribution is -2.47. The van der Waals surface area contributed by atoms with Crippen LogP contribution in [0.15, 0.2) is 89.7 Å². The lowest BCUT2D eigenvalue weighted by Gasteiger charge is -2.41. The summed E-state index contributed by atoms with van der Waals surface area (Å²) in [5, 5.41) is 31.3. The number of nitrogens with zero attached hydrogens (tertiary/aromatic N) is 8. The summed E-state index contributed by atoms with van der Waals surface area (Å²) >= 11 is 0. The summed E-state index contributed by atoms with van der Waals surface area (Å²) in [4.78, 5) is 43.1. The number of hydrogen-bond donors (Lipinski definition) is 4. The maximum atomic E-state index is 15.4. The minimum Gasteiger partial charge on any atom is -0.374 e. The zero-order valence-corrected chi connectivity index (χ0v) is 35.6. The van der Waals surface area contributed by atoms with Gasteiger partial charge in [-0.2, -0.15) is 10.4 Å². The van der Waals surface area contributed by atoms with E-state index in [2.05, 4.69) is 47.6 Å². The molecule has 0 bridgehead atoms. The fourth-order valence-corrected chi connectivity index (χ4v) is 10.5. The van der Waals surface area contributed by atoms with Crippen LogP contribution in [0.3, 0.4) is 0 Å². The fraction of sp³-hybridized carbons (Fsp3) is 0.417. The van der Waals surface area contributed by atoms with E-state index >= 15 is 4.39 Å². The van der Waals surface area contributed by atoms with Gasteiger partial charge in [-0.1, -0.05) is 12.1 Å². The number of piperidine rings is 3. The summed E-state index contributed by atoms with van der Waals surface area (Å²) in [6, 6.07) is 15.5. The van der Waals surface area contributed by atoms with Gasteiger partial charge in [0.2, 0.25) is 11.8 Å². The van der Waals surface area contributed by atoms with Crippen molar-refractivity contribution in [2.24, 2.45) is 4.99 Å². The molecule has 4 N–H and O–H groups in total. The molecule has 4 aromatic rings. The first kappa shape index (κ1) is 41.4. The number of carbonyl (C=O) groups excluding carboxylic acids is 2. The van der Waals surface area contributed by atoms with Gasteiger partial charge in [0, 0.05) is 78.9 Å². The van der Waals surface area contributed by atoms with Crippen LogP contribution in [0, 0.1) is 22.6 Å². The summed E-state index contributed by atoms with van der Waals surface area (Å²) in [7, 11) is 0. The Bertz CT molecular complexity index is 2590. The Labute approximate surface area is 371 Å². The van der Waals surface area contributed by atoms with Crippen molar-refractivity contribution in [2.75, 3.05) is 36.4 Å². The Kier molecular flexibility index (Phi) is 11.4. The highest BCUT2D eigenvalue weighted by atomic mass is 19.1. The third kappa shape index (κ3) is 8.10. The van der Waals surface area contributed by atoms with Crippen molar-refractivity contribution in [3.8, 4) is 6.07 Å². The van der Waals surface area contributed by atoms with Crippen molar-refractivity contribution in [1.82, 2.24) is 35.3 Å². The van der Waals surface area contributed by atoms with Crippen LogP contribution < -0.4 is 20.9 Å². The second kappa shape index (κ2) is 17.5.